The van der Waals surface area contributed by atoms with Gasteiger partial charge in [0.25, 0.3) is 5.91 Å². The van der Waals surface area contributed by atoms with Gasteiger partial charge in [-0.25, -0.2) is 0 Å². The van der Waals surface area contributed by atoms with Crippen molar-refractivity contribution in [1.29, 1.82) is 0 Å². The highest BCUT2D eigenvalue weighted by atomic mass is 32.2. The van der Waals surface area contributed by atoms with Gasteiger partial charge in [-0.2, -0.15) is 4.68 Å². The highest BCUT2D eigenvalue weighted by Crippen LogP contribution is 2.22. The number of benzene rings is 2. The third-order valence-corrected chi connectivity index (χ3v) is 4.22. The van der Waals surface area contributed by atoms with E-state index in [0.29, 0.717) is 16.5 Å². The number of aromatic nitrogens is 4. The van der Waals surface area contributed by atoms with Crippen molar-refractivity contribution in [2.75, 3.05) is 7.05 Å². The van der Waals surface area contributed by atoms with Gasteiger partial charge in [0.15, 0.2) is 0 Å². The van der Waals surface area contributed by atoms with Crippen LogP contribution in [0.15, 0.2) is 59.8 Å². The number of rotatable bonds is 5. The molecule has 1 heterocycles. The van der Waals surface area contributed by atoms with Gasteiger partial charge >= 0.3 is 0 Å². The summed E-state index contributed by atoms with van der Waals surface area (Å²) in [7, 11) is 1.62. The molecule has 0 aliphatic carbocycles. The Kier molecular flexibility index (Phi) is 4.68. The number of nitrogens with zero attached hydrogens (tertiary/aromatic N) is 4. The van der Waals surface area contributed by atoms with Crippen LogP contribution in [0.3, 0.4) is 0 Å². The zero-order valence-electron chi connectivity index (χ0n) is 12.5. The molecule has 3 aromatic rings. The summed E-state index contributed by atoms with van der Waals surface area (Å²) in [4.78, 5) is 11.7. The normalized spacial score (nSPS) is 10.5. The van der Waals surface area contributed by atoms with Crippen molar-refractivity contribution >= 4 is 17.7 Å². The van der Waals surface area contributed by atoms with Crippen molar-refractivity contribution in [2.24, 2.45) is 0 Å². The molecular formula is C16H15N5OS. The lowest BCUT2D eigenvalue weighted by Crippen LogP contribution is -2.17. The zero-order chi connectivity index (χ0) is 16.1. The van der Waals surface area contributed by atoms with E-state index in [0.717, 1.165) is 11.3 Å². The Hall–Kier alpha value is -2.67. The van der Waals surface area contributed by atoms with Gasteiger partial charge in [-0.1, -0.05) is 42.1 Å². The average Bonchev–Trinajstić information content (AvgIpc) is 3.09. The number of amides is 1. The largest absolute Gasteiger partial charge is 0.355 e. The second kappa shape index (κ2) is 7.06. The van der Waals surface area contributed by atoms with Crippen LogP contribution in [0, 0.1) is 0 Å². The Bertz CT molecular complexity index is 803. The van der Waals surface area contributed by atoms with Crippen LogP contribution >= 0.6 is 11.8 Å². The molecule has 0 radical (unpaired) electrons. The van der Waals surface area contributed by atoms with Gasteiger partial charge < -0.3 is 5.32 Å². The summed E-state index contributed by atoms with van der Waals surface area (Å²) in [5, 5.41) is 15.2. The maximum absolute atomic E-state index is 11.7. The number of hydrogen-bond donors (Lipinski definition) is 1. The van der Waals surface area contributed by atoms with E-state index in [2.05, 4.69) is 20.8 Å². The molecule has 1 N–H and O–H groups in total. The van der Waals surface area contributed by atoms with Crippen LogP contribution < -0.4 is 5.32 Å². The van der Waals surface area contributed by atoms with Gasteiger partial charge in [0, 0.05) is 18.4 Å². The lowest BCUT2D eigenvalue weighted by atomic mass is 10.1. The molecule has 0 aliphatic rings. The van der Waals surface area contributed by atoms with Crippen molar-refractivity contribution in [3.8, 4) is 5.69 Å². The molecule has 1 aromatic heterocycles. The zero-order valence-corrected chi connectivity index (χ0v) is 13.3. The molecule has 0 saturated carbocycles. The molecule has 0 aliphatic heterocycles. The van der Waals surface area contributed by atoms with E-state index in [1.54, 1.807) is 17.8 Å². The monoisotopic (exact) mass is 325 g/mol. The van der Waals surface area contributed by atoms with E-state index in [-0.39, 0.29) is 5.91 Å². The van der Waals surface area contributed by atoms with Crippen LogP contribution in [0.1, 0.15) is 15.9 Å². The maximum Gasteiger partial charge on any atom is 0.251 e. The fourth-order valence-electron chi connectivity index (χ4n) is 2.09. The number of thioether (sulfide) groups is 1. The second-order valence-electron chi connectivity index (χ2n) is 4.78. The maximum atomic E-state index is 11.7. The molecule has 0 spiro atoms. The number of hydrogen-bond acceptors (Lipinski definition) is 5. The molecule has 0 atom stereocenters. The van der Waals surface area contributed by atoms with Crippen molar-refractivity contribution in [3.05, 3.63) is 65.7 Å². The topological polar surface area (TPSA) is 72.7 Å². The third kappa shape index (κ3) is 3.57. The molecule has 2 aromatic carbocycles. The van der Waals surface area contributed by atoms with Gasteiger partial charge in [0.2, 0.25) is 5.16 Å². The Balaban J connectivity index is 1.75. The summed E-state index contributed by atoms with van der Waals surface area (Å²) >= 11 is 1.52. The summed E-state index contributed by atoms with van der Waals surface area (Å²) < 4.78 is 1.70. The van der Waals surface area contributed by atoms with Gasteiger partial charge in [0.1, 0.15) is 0 Å². The molecule has 1 amide bonds. The molecular weight excluding hydrogens is 310 g/mol. The molecule has 0 saturated heterocycles. The fourth-order valence-corrected chi connectivity index (χ4v) is 2.93. The minimum absolute atomic E-state index is 0.0917. The lowest BCUT2D eigenvalue weighted by Gasteiger charge is -2.05. The van der Waals surface area contributed by atoms with Crippen molar-refractivity contribution in [2.45, 2.75) is 10.9 Å². The molecule has 0 unspecified atom stereocenters. The minimum Gasteiger partial charge on any atom is -0.355 e. The van der Waals surface area contributed by atoms with E-state index in [1.165, 1.54) is 11.8 Å². The summed E-state index contributed by atoms with van der Waals surface area (Å²) in [6.07, 6.45) is 0. The number of nitrogens with one attached hydrogen (secondary N) is 1. The molecule has 7 heteroatoms. The highest BCUT2D eigenvalue weighted by Gasteiger charge is 2.10. The van der Waals surface area contributed by atoms with E-state index < -0.39 is 0 Å². The van der Waals surface area contributed by atoms with Crippen LogP contribution in [-0.4, -0.2) is 33.2 Å². The first-order valence-corrected chi connectivity index (χ1v) is 8.04. The fraction of sp³-hybridized carbons (Fsp3) is 0.125. The van der Waals surface area contributed by atoms with E-state index >= 15 is 0 Å². The van der Waals surface area contributed by atoms with Crippen molar-refractivity contribution in [3.63, 3.8) is 0 Å². The number of tetrazole rings is 1. The van der Waals surface area contributed by atoms with Crippen LogP contribution in [0.4, 0.5) is 0 Å². The van der Waals surface area contributed by atoms with Crippen LogP contribution in [0.25, 0.3) is 5.69 Å². The smallest absolute Gasteiger partial charge is 0.251 e. The lowest BCUT2D eigenvalue weighted by molar-refractivity contribution is 0.0963. The molecule has 0 fully saturated rings. The number of carbonyl (C=O) groups is 1. The Morgan fingerprint density at radius 1 is 1.17 bits per heavy atom. The molecule has 0 bridgehead atoms. The predicted molar refractivity (Wildman–Crippen MR) is 88.5 cm³/mol. The number of para-hydroxylation sites is 1. The molecule has 116 valence electrons. The summed E-state index contributed by atoms with van der Waals surface area (Å²) in [6, 6.07) is 17.3. The van der Waals surface area contributed by atoms with Gasteiger partial charge in [0.05, 0.1) is 5.69 Å². The summed E-state index contributed by atoms with van der Waals surface area (Å²) in [6.45, 7) is 0. The number of carbonyl (C=O) groups excluding carboxylic acids is 1. The van der Waals surface area contributed by atoms with E-state index in [1.807, 2.05) is 48.5 Å². The van der Waals surface area contributed by atoms with Crippen LogP contribution in [0.2, 0.25) is 0 Å². The summed E-state index contributed by atoms with van der Waals surface area (Å²) in [5.41, 5.74) is 2.60. The Morgan fingerprint density at radius 3 is 2.78 bits per heavy atom. The molecule has 3 rings (SSSR count). The van der Waals surface area contributed by atoms with Gasteiger partial charge in [-0.15, -0.1) is 5.10 Å². The Morgan fingerprint density at radius 2 is 2.00 bits per heavy atom. The van der Waals surface area contributed by atoms with Crippen LogP contribution in [-0.2, 0) is 5.75 Å². The van der Waals surface area contributed by atoms with Gasteiger partial charge in [-0.05, 0) is 40.3 Å². The average molecular weight is 325 g/mol. The Labute approximate surface area is 137 Å². The predicted octanol–water partition coefficient (Wildman–Crippen LogP) is 2.31. The molecule has 6 nitrogen and oxygen atoms in total. The van der Waals surface area contributed by atoms with E-state index in [4.69, 9.17) is 0 Å². The SMILES string of the molecule is CNC(=O)c1cccc(CSc2nnnn2-c2ccccc2)c1. The third-order valence-electron chi connectivity index (χ3n) is 3.23. The first-order valence-electron chi connectivity index (χ1n) is 7.05. The first kappa shape index (κ1) is 15.2. The summed E-state index contributed by atoms with van der Waals surface area (Å²) in [5.74, 6) is 0.587. The van der Waals surface area contributed by atoms with Crippen molar-refractivity contribution < 1.29 is 4.79 Å². The second-order valence-corrected chi connectivity index (χ2v) is 5.72. The minimum atomic E-state index is -0.0917. The quantitative estimate of drug-likeness (QED) is 0.729. The van der Waals surface area contributed by atoms with E-state index in [9.17, 15) is 4.79 Å². The van der Waals surface area contributed by atoms with Gasteiger partial charge in [-0.3, -0.25) is 4.79 Å². The first-order chi connectivity index (χ1) is 11.3. The molecule has 23 heavy (non-hydrogen) atoms. The van der Waals surface area contributed by atoms with Crippen LogP contribution in [0.5, 0.6) is 0 Å². The highest BCUT2D eigenvalue weighted by molar-refractivity contribution is 7.98. The standard InChI is InChI=1S/C16H15N5OS/c1-17-15(22)13-7-5-6-12(10-13)11-23-16-18-19-20-21(16)14-8-3-2-4-9-14/h2-10H,11H2,1H3,(H,17,22). The van der Waals surface area contributed by atoms with Crippen molar-refractivity contribution in [1.82, 2.24) is 25.5 Å².